The van der Waals surface area contributed by atoms with Crippen LogP contribution in [0.25, 0.3) is 0 Å². The van der Waals surface area contributed by atoms with Crippen LogP contribution in [-0.2, 0) is 4.74 Å². The minimum atomic E-state index is 0.403. The third-order valence-corrected chi connectivity index (χ3v) is 3.84. The molecule has 0 bridgehead atoms. The van der Waals surface area contributed by atoms with Crippen molar-refractivity contribution < 1.29 is 9.47 Å². The number of nitrogens with zero attached hydrogens (tertiary/aromatic N) is 2. The van der Waals surface area contributed by atoms with Crippen molar-refractivity contribution in [2.45, 2.75) is 32.8 Å². The van der Waals surface area contributed by atoms with E-state index >= 15 is 0 Å². The minimum Gasteiger partial charge on any atom is -0.492 e. The Bertz CT molecular complexity index is 457. The molecule has 128 valence electrons. The summed E-state index contributed by atoms with van der Waals surface area (Å²) < 4.78 is 11.4. The minimum absolute atomic E-state index is 0.403. The van der Waals surface area contributed by atoms with Gasteiger partial charge in [0.05, 0.1) is 12.6 Å². The van der Waals surface area contributed by atoms with Gasteiger partial charge in [0.2, 0.25) is 0 Å². The molecule has 0 spiro atoms. The van der Waals surface area contributed by atoms with Gasteiger partial charge in [0, 0.05) is 26.2 Å². The van der Waals surface area contributed by atoms with Gasteiger partial charge in [0.1, 0.15) is 12.4 Å². The van der Waals surface area contributed by atoms with Gasteiger partial charge in [-0.25, -0.2) is 4.99 Å². The van der Waals surface area contributed by atoms with E-state index in [9.17, 15) is 0 Å². The lowest BCUT2D eigenvalue weighted by molar-refractivity contribution is 0.0263. The van der Waals surface area contributed by atoms with Crippen LogP contribution in [0.15, 0.2) is 35.3 Å². The lowest BCUT2D eigenvalue weighted by Gasteiger charge is -2.34. The molecule has 1 fully saturated rings. The van der Waals surface area contributed by atoms with Crippen molar-refractivity contribution in [1.82, 2.24) is 10.2 Å². The van der Waals surface area contributed by atoms with Crippen LogP contribution in [0.5, 0.6) is 5.75 Å². The van der Waals surface area contributed by atoms with Crippen LogP contribution in [0.1, 0.15) is 26.7 Å². The van der Waals surface area contributed by atoms with Gasteiger partial charge in [-0.3, -0.25) is 0 Å². The first-order chi connectivity index (χ1) is 11.3. The molecule has 0 atom stereocenters. The van der Waals surface area contributed by atoms with Crippen molar-refractivity contribution in [2.75, 3.05) is 39.4 Å². The molecule has 1 saturated heterocycles. The van der Waals surface area contributed by atoms with E-state index in [0.29, 0.717) is 19.3 Å². The van der Waals surface area contributed by atoms with Gasteiger partial charge in [-0.05, 0) is 38.8 Å². The molecule has 0 amide bonds. The Morgan fingerprint density at radius 3 is 2.61 bits per heavy atom. The molecule has 1 aliphatic rings. The normalized spacial score (nSPS) is 16.4. The van der Waals surface area contributed by atoms with Crippen LogP contribution < -0.4 is 10.1 Å². The molecule has 5 heteroatoms. The third-order valence-electron chi connectivity index (χ3n) is 3.84. The number of nitrogens with one attached hydrogen (secondary N) is 1. The molecule has 0 saturated carbocycles. The summed E-state index contributed by atoms with van der Waals surface area (Å²) in [4.78, 5) is 7.01. The Morgan fingerprint density at radius 1 is 1.22 bits per heavy atom. The second-order valence-corrected chi connectivity index (χ2v) is 5.54. The monoisotopic (exact) mass is 319 g/mol. The molecule has 5 nitrogen and oxygen atoms in total. The number of para-hydroxylation sites is 1. The molecule has 2 rings (SSSR count). The second kappa shape index (κ2) is 10.1. The standard InChI is InChI=1S/C18H29N3O2/c1-3-19-18(21-13-10-17(11-14-21)22-4-2)20-12-15-23-16-8-6-5-7-9-16/h5-9,17H,3-4,10-15H2,1-2H3,(H,19,20). The van der Waals surface area contributed by atoms with Crippen LogP contribution >= 0.6 is 0 Å². The summed E-state index contributed by atoms with van der Waals surface area (Å²) in [5.74, 6) is 1.88. The predicted molar refractivity (Wildman–Crippen MR) is 94.1 cm³/mol. The second-order valence-electron chi connectivity index (χ2n) is 5.54. The first kappa shape index (κ1) is 17.6. The van der Waals surface area contributed by atoms with Crippen molar-refractivity contribution in [3.8, 4) is 5.75 Å². The SMILES string of the molecule is CCNC(=NCCOc1ccccc1)N1CCC(OCC)CC1. The van der Waals surface area contributed by atoms with E-state index in [-0.39, 0.29) is 0 Å². The fourth-order valence-corrected chi connectivity index (χ4v) is 2.73. The van der Waals surface area contributed by atoms with Crippen LogP contribution in [0, 0.1) is 0 Å². The van der Waals surface area contributed by atoms with E-state index in [2.05, 4.69) is 29.1 Å². The highest BCUT2D eigenvalue weighted by atomic mass is 16.5. The molecule has 1 heterocycles. The Kier molecular flexibility index (Phi) is 7.73. The molecule has 0 aromatic heterocycles. The number of aliphatic imine (C=N–C) groups is 1. The first-order valence-electron chi connectivity index (χ1n) is 8.66. The number of hydrogen-bond acceptors (Lipinski definition) is 3. The molecular weight excluding hydrogens is 290 g/mol. The number of guanidine groups is 1. The Hall–Kier alpha value is -1.75. The van der Waals surface area contributed by atoms with Gasteiger partial charge < -0.3 is 19.7 Å². The average Bonchev–Trinajstić information content (AvgIpc) is 2.60. The predicted octanol–water partition coefficient (Wildman–Crippen LogP) is 2.53. The molecule has 0 unspecified atom stereocenters. The van der Waals surface area contributed by atoms with Crippen LogP contribution in [-0.4, -0.2) is 56.4 Å². The van der Waals surface area contributed by atoms with E-state index in [1.54, 1.807) is 0 Å². The highest BCUT2D eigenvalue weighted by molar-refractivity contribution is 5.80. The number of piperidine rings is 1. The zero-order valence-electron chi connectivity index (χ0n) is 14.3. The van der Waals surface area contributed by atoms with Crippen molar-refractivity contribution in [3.63, 3.8) is 0 Å². The number of rotatable bonds is 7. The average molecular weight is 319 g/mol. The lowest BCUT2D eigenvalue weighted by Crippen LogP contribution is -2.47. The summed E-state index contributed by atoms with van der Waals surface area (Å²) in [6.45, 7) is 9.08. The fraction of sp³-hybridized carbons (Fsp3) is 0.611. The summed E-state index contributed by atoms with van der Waals surface area (Å²) in [6, 6.07) is 9.87. The van der Waals surface area contributed by atoms with Gasteiger partial charge in [-0.1, -0.05) is 18.2 Å². The maximum atomic E-state index is 5.71. The molecule has 0 radical (unpaired) electrons. The van der Waals surface area contributed by atoms with E-state index in [0.717, 1.165) is 50.8 Å². The molecule has 1 N–H and O–H groups in total. The lowest BCUT2D eigenvalue weighted by atomic mass is 10.1. The number of benzene rings is 1. The smallest absolute Gasteiger partial charge is 0.194 e. The van der Waals surface area contributed by atoms with Crippen LogP contribution in [0.3, 0.4) is 0 Å². The summed E-state index contributed by atoms with van der Waals surface area (Å²) >= 11 is 0. The molecule has 0 aliphatic carbocycles. The molecule has 1 aromatic rings. The highest BCUT2D eigenvalue weighted by Crippen LogP contribution is 2.13. The fourth-order valence-electron chi connectivity index (χ4n) is 2.73. The van der Waals surface area contributed by atoms with Gasteiger partial charge in [-0.15, -0.1) is 0 Å². The van der Waals surface area contributed by atoms with E-state index < -0.39 is 0 Å². The topological polar surface area (TPSA) is 46.1 Å². The zero-order chi connectivity index (χ0) is 16.3. The summed E-state index contributed by atoms with van der Waals surface area (Å²) in [6.07, 6.45) is 2.54. The number of ether oxygens (including phenoxy) is 2. The summed E-state index contributed by atoms with van der Waals surface area (Å²) in [7, 11) is 0. The first-order valence-corrected chi connectivity index (χ1v) is 8.66. The number of likely N-dealkylation sites (tertiary alicyclic amines) is 1. The summed E-state index contributed by atoms with van der Waals surface area (Å²) in [5.41, 5.74) is 0. The Balaban J connectivity index is 1.78. The van der Waals surface area contributed by atoms with E-state index in [4.69, 9.17) is 9.47 Å². The van der Waals surface area contributed by atoms with Gasteiger partial charge in [-0.2, -0.15) is 0 Å². The molecular formula is C18H29N3O2. The van der Waals surface area contributed by atoms with Crippen LogP contribution in [0.2, 0.25) is 0 Å². The van der Waals surface area contributed by atoms with E-state index in [1.165, 1.54) is 0 Å². The summed E-state index contributed by atoms with van der Waals surface area (Å²) in [5, 5.41) is 3.38. The van der Waals surface area contributed by atoms with Gasteiger partial charge in [0.25, 0.3) is 0 Å². The largest absolute Gasteiger partial charge is 0.492 e. The maximum Gasteiger partial charge on any atom is 0.194 e. The van der Waals surface area contributed by atoms with Crippen LogP contribution in [0.4, 0.5) is 0 Å². The van der Waals surface area contributed by atoms with E-state index in [1.807, 2.05) is 30.3 Å². The molecule has 1 aromatic carbocycles. The number of hydrogen-bond donors (Lipinski definition) is 1. The maximum absolute atomic E-state index is 5.71. The molecule has 23 heavy (non-hydrogen) atoms. The third kappa shape index (κ3) is 6.10. The van der Waals surface area contributed by atoms with Crippen molar-refractivity contribution >= 4 is 5.96 Å². The van der Waals surface area contributed by atoms with Gasteiger partial charge >= 0.3 is 0 Å². The van der Waals surface area contributed by atoms with Gasteiger partial charge in [0.15, 0.2) is 5.96 Å². The molecule has 1 aliphatic heterocycles. The zero-order valence-corrected chi connectivity index (χ0v) is 14.3. The highest BCUT2D eigenvalue weighted by Gasteiger charge is 2.21. The van der Waals surface area contributed by atoms with Crippen molar-refractivity contribution in [3.05, 3.63) is 30.3 Å². The quantitative estimate of drug-likeness (QED) is 0.476. The Labute approximate surface area is 139 Å². The Morgan fingerprint density at radius 2 is 1.96 bits per heavy atom. The van der Waals surface area contributed by atoms with Crippen molar-refractivity contribution in [2.24, 2.45) is 4.99 Å². The van der Waals surface area contributed by atoms with Crippen molar-refractivity contribution in [1.29, 1.82) is 0 Å².